The first-order valence-electron chi connectivity index (χ1n) is 3.41. The van der Waals surface area contributed by atoms with Crippen molar-refractivity contribution in [2.75, 3.05) is 7.05 Å². The number of alkyl carbamates (subject to hydrolysis) is 1. The van der Waals surface area contributed by atoms with Crippen molar-refractivity contribution >= 4 is 12.1 Å². The maximum Gasteiger partial charge on any atom is 0.410 e. The molecule has 5 nitrogen and oxygen atoms in total. The lowest BCUT2D eigenvalue weighted by Gasteiger charge is -2.08. The van der Waals surface area contributed by atoms with Crippen LogP contribution in [0.25, 0.3) is 0 Å². The van der Waals surface area contributed by atoms with Gasteiger partial charge in [0.05, 0.1) is 0 Å². The van der Waals surface area contributed by atoms with Gasteiger partial charge in [-0.15, -0.1) is 0 Å². The smallest absolute Gasteiger partial charge is 0.410 e. The van der Waals surface area contributed by atoms with Crippen molar-refractivity contribution in [1.82, 2.24) is 5.32 Å². The Bertz CT molecular complexity index is 246. The molecule has 0 fully saturated rings. The van der Waals surface area contributed by atoms with Crippen LogP contribution in [0.5, 0.6) is 0 Å². The fourth-order valence-electron chi connectivity index (χ4n) is 0.727. The van der Waals surface area contributed by atoms with E-state index in [-0.39, 0.29) is 0 Å². The molecule has 0 aliphatic carbocycles. The third-order valence-corrected chi connectivity index (χ3v) is 1.36. The molecule has 1 aliphatic rings. The lowest BCUT2D eigenvalue weighted by molar-refractivity contribution is -0.151. The molecule has 1 heterocycles. The third kappa shape index (κ3) is 1.75. The predicted molar refractivity (Wildman–Crippen MR) is 39.2 cm³/mol. The molecule has 0 saturated heterocycles. The van der Waals surface area contributed by atoms with Gasteiger partial charge in [0.15, 0.2) is 0 Å². The van der Waals surface area contributed by atoms with E-state index in [1.54, 1.807) is 6.92 Å². The first-order valence-corrected chi connectivity index (χ1v) is 3.41. The van der Waals surface area contributed by atoms with E-state index in [4.69, 9.17) is 0 Å². The number of nitrogens with one attached hydrogen (secondary N) is 1. The molecule has 1 N–H and O–H groups in total. The van der Waals surface area contributed by atoms with Crippen molar-refractivity contribution in [3.05, 3.63) is 11.6 Å². The molecule has 1 atom stereocenters. The Morgan fingerprint density at radius 3 is 2.83 bits per heavy atom. The summed E-state index contributed by atoms with van der Waals surface area (Å²) in [6.45, 7) is 1.59. The average Bonchev–Trinajstić information content (AvgIpc) is 2.31. The summed E-state index contributed by atoms with van der Waals surface area (Å²) in [5, 5.41) is 2.24. The largest absolute Gasteiger partial charge is 0.418 e. The van der Waals surface area contributed by atoms with Gasteiger partial charge >= 0.3 is 12.1 Å². The van der Waals surface area contributed by atoms with Gasteiger partial charge in [-0.3, -0.25) is 0 Å². The SMILES string of the molecule is CNC(=O)OC1C=C(C)C(=O)O1. The minimum absolute atomic E-state index is 0.448. The van der Waals surface area contributed by atoms with Crippen molar-refractivity contribution < 1.29 is 19.1 Å². The van der Waals surface area contributed by atoms with Crippen LogP contribution in [0.3, 0.4) is 0 Å². The van der Waals surface area contributed by atoms with Crippen LogP contribution in [-0.2, 0) is 14.3 Å². The molecule has 1 unspecified atom stereocenters. The molecule has 0 aromatic carbocycles. The minimum Gasteiger partial charge on any atom is -0.418 e. The van der Waals surface area contributed by atoms with Gasteiger partial charge < -0.3 is 14.8 Å². The molecule has 66 valence electrons. The van der Waals surface area contributed by atoms with Crippen LogP contribution in [0.1, 0.15) is 6.92 Å². The first kappa shape index (κ1) is 8.58. The van der Waals surface area contributed by atoms with Gasteiger partial charge in [-0.2, -0.15) is 0 Å². The van der Waals surface area contributed by atoms with Crippen LogP contribution >= 0.6 is 0 Å². The predicted octanol–water partition coefficient (Wildman–Crippen LogP) is 0.172. The number of esters is 1. The van der Waals surface area contributed by atoms with Crippen molar-refractivity contribution in [3.63, 3.8) is 0 Å². The maximum atomic E-state index is 10.8. The standard InChI is InChI=1S/C7H9NO4/c1-4-3-5(11-6(4)9)12-7(10)8-2/h3,5H,1-2H3,(H,8,10). The number of rotatable bonds is 1. The van der Waals surface area contributed by atoms with Crippen LogP contribution < -0.4 is 5.32 Å². The summed E-state index contributed by atoms with van der Waals surface area (Å²) < 4.78 is 9.26. The number of carbonyl (C=O) groups is 2. The van der Waals surface area contributed by atoms with Gasteiger partial charge in [0.1, 0.15) is 0 Å². The second-order valence-electron chi connectivity index (χ2n) is 2.28. The Morgan fingerprint density at radius 1 is 1.75 bits per heavy atom. The van der Waals surface area contributed by atoms with Gasteiger partial charge in [-0.1, -0.05) is 0 Å². The van der Waals surface area contributed by atoms with Crippen LogP contribution in [0.2, 0.25) is 0 Å². The zero-order valence-corrected chi connectivity index (χ0v) is 6.79. The Labute approximate surface area is 69.3 Å². The quantitative estimate of drug-likeness (QED) is 0.571. The van der Waals surface area contributed by atoms with Crippen molar-refractivity contribution in [2.24, 2.45) is 0 Å². The molecule has 5 heteroatoms. The highest BCUT2D eigenvalue weighted by Crippen LogP contribution is 2.13. The molecule has 1 rings (SSSR count). The van der Waals surface area contributed by atoms with Crippen LogP contribution in [0.4, 0.5) is 4.79 Å². The summed E-state index contributed by atoms with van der Waals surface area (Å²) in [6, 6.07) is 0. The molecule has 0 radical (unpaired) electrons. The fourth-order valence-corrected chi connectivity index (χ4v) is 0.727. The van der Waals surface area contributed by atoms with E-state index in [9.17, 15) is 9.59 Å². The molecule has 12 heavy (non-hydrogen) atoms. The number of ether oxygens (including phenoxy) is 2. The Balaban J connectivity index is 2.48. The third-order valence-electron chi connectivity index (χ3n) is 1.36. The number of hydrogen-bond acceptors (Lipinski definition) is 4. The number of cyclic esters (lactones) is 1. The van der Waals surface area contributed by atoms with Gasteiger partial charge in [0.2, 0.25) is 0 Å². The fraction of sp³-hybridized carbons (Fsp3) is 0.429. The molecule has 1 amide bonds. The Hall–Kier alpha value is -1.52. The lowest BCUT2D eigenvalue weighted by Crippen LogP contribution is -2.25. The van der Waals surface area contributed by atoms with E-state index in [1.807, 2.05) is 0 Å². The van der Waals surface area contributed by atoms with E-state index in [0.717, 1.165) is 0 Å². The molecular formula is C7H9NO4. The zero-order chi connectivity index (χ0) is 9.14. The lowest BCUT2D eigenvalue weighted by atomic mass is 10.3. The normalized spacial score (nSPS) is 21.3. The maximum absolute atomic E-state index is 10.8. The minimum atomic E-state index is -0.877. The Morgan fingerprint density at radius 2 is 2.42 bits per heavy atom. The molecule has 0 aromatic rings. The summed E-state index contributed by atoms with van der Waals surface area (Å²) in [4.78, 5) is 21.4. The van der Waals surface area contributed by atoms with Gasteiger partial charge in [-0.25, -0.2) is 9.59 Å². The zero-order valence-electron chi connectivity index (χ0n) is 6.79. The first-order chi connectivity index (χ1) is 5.63. The van der Waals surface area contributed by atoms with Crippen LogP contribution in [-0.4, -0.2) is 25.4 Å². The van der Waals surface area contributed by atoms with E-state index in [1.165, 1.54) is 13.1 Å². The van der Waals surface area contributed by atoms with E-state index >= 15 is 0 Å². The number of hydrogen-bond donors (Lipinski definition) is 1. The molecule has 0 saturated carbocycles. The molecule has 0 spiro atoms. The molecule has 1 aliphatic heterocycles. The second kappa shape index (κ2) is 3.25. The summed E-state index contributed by atoms with van der Waals surface area (Å²) in [7, 11) is 1.43. The number of amides is 1. The second-order valence-corrected chi connectivity index (χ2v) is 2.28. The van der Waals surface area contributed by atoms with Crippen LogP contribution in [0.15, 0.2) is 11.6 Å². The highest BCUT2D eigenvalue weighted by molar-refractivity contribution is 5.90. The summed E-state index contributed by atoms with van der Waals surface area (Å²) >= 11 is 0. The van der Waals surface area contributed by atoms with Crippen molar-refractivity contribution in [2.45, 2.75) is 13.2 Å². The van der Waals surface area contributed by atoms with E-state index in [0.29, 0.717) is 5.57 Å². The molecule has 0 bridgehead atoms. The van der Waals surface area contributed by atoms with Crippen LogP contribution in [0, 0.1) is 0 Å². The molecule has 0 aromatic heterocycles. The summed E-state index contributed by atoms with van der Waals surface area (Å²) in [5.41, 5.74) is 0.448. The van der Waals surface area contributed by atoms with Gasteiger partial charge in [0.25, 0.3) is 6.29 Å². The Kier molecular flexibility index (Phi) is 2.32. The average molecular weight is 171 g/mol. The van der Waals surface area contributed by atoms with Crippen molar-refractivity contribution in [3.8, 4) is 0 Å². The molecular weight excluding hydrogens is 162 g/mol. The number of carbonyl (C=O) groups excluding carboxylic acids is 2. The summed E-state index contributed by atoms with van der Waals surface area (Å²) in [5.74, 6) is -0.455. The van der Waals surface area contributed by atoms with Gasteiger partial charge in [0, 0.05) is 18.7 Å². The van der Waals surface area contributed by atoms with E-state index < -0.39 is 18.4 Å². The van der Waals surface area contributed by atoms with E-state index in [2.05, 4.69) is 14.8 Å². The summed E-state index contributed by atoms with van der Waals surface area (Å²) in [6.07, 6.45) is -0.0615. The van der Waals surface area contributed by atoms with Gasteiger partial charge in [-0.05, 0) is 6.92 Å². The van der Waals surface area contributed by atoms with Crippen molar-refractivity contribution in [1.29, 1.82) is 0 Å². The highest BCUT2D eigenvalue weighted by atomic mass is 16.7. The monoisotopic (exact) mass is 171 g/mol. The highest BCUT2D eigenvalue weighted by Gasteiger charge is 2.24. The topological polar surface area (TPSA) is 64.6 Å².